The predicted octanol–water partition coefficient (Wildman–Crippen LogP) is 3.48. The van der Waals surface area contributed by atoms with Gasteiger partial charge >= 0.3 is 11.9 Å². The molecule has 148 valence electrons. The van der Waals surface area contributed by atoms with Crippen LogP contribution < -0.4 is 0 Å². The number of rotatable bonds is 7. The third-order valence-electron chi connectivity index (χ3n) is 4.93. The summed E-state index contributed by atoms with van der Waals surface area (Å²) in [7, 11) is 0. The molecule has 1 N–H and O–H groups in total. The number of aromatic nitrogens is 1. The topological polar surface area (TPSA) is 85.5 Å². The fraction of sp³-hybridized carbons (Fsp3) is 0.381. The number of nitrogens with one attached hydrogen (secondary N) is 1. The number of H-pyrrole nitrogens is 1. The molecule has 1 aromatic carbocycles. The number of hydrogen-bond acceptors (Lipinski definition) is 5. The standard InChI is InChI=1S/C21H22FNO5/c1-4-27-21(26)19-11(2)18(12(3)23-19)17(24)10-28-20(25)16-9-15(16)13-5-7-14(22)8-6-13/h5-8,15-16,23H,4,9-10H2,1-3H3. The number of hydrogen-bond donors (Lipinski definition) is 1. The zero-order chi connectivity index (χ0) is 20.4. The smallest absolute Gasteiger partial charge is 0.355 e. The number of esters is 2. The first-order valence-electron chi connectivity index (χ1n) is 9.15. The maximum Gasteiger partial charge on any atom is 0.355 e. The van der Waals surface area contributed by atoms with E-state index < -0.39 is 18.5 Å². The van der Waals surface area contributed by atoms with E-state index in [0.29, 0.717) is 23.2 Å². The van der Waals surface area contributed by atoms with E-state index in [2.05, 4.69) is 4.98 Å². The van der Waals surface area contributed by atoms with Gasteiger partial charge in [-0.15, -0.1) is 0 Å². The van der Waals surface area contributed by atoms with Crippen LogP contribution in [0.25, 0.3) is 0 Å². The Labute approximate surface area is 162 Å². The van der Waals surface area contributed by atoms with Crippen molar-refractivity contribution in [3.05, 3.63) is 58.2 Å². The Morgan fingerprint density at radius 3 is 2.46 bits per heavy atom. The summed E-state index contributed by atoms with van der Waals surface area (Å²) in [6.07, 6.45) is 0.619. The van der Waals surface area contributed by atoms with Crippen molar-refractivity contribution in [3.8, 4) is 0 Å². The van der Waals surface area contributed by atoms with Gasteiger partial charge in [0.25, 0.3) is 0 Å². The molecule has 1 saturated carbocycles. The van der Waals surface area contributed by atoms with Crippen LogP contribution in [-0.2, 0) is 14.3 Å². The molecule has 1 heterocycles. The molecular weight excluding hydrogens is 365 g/mol. The molecule has 1 aromatic heterocycles. The minimum atomic E-state index is -0.528. The van der Waals surface area contributed by atoms with Crippen molar-refractivity contribution in [2.45, 2.75) is 33.1 Å². The molecule has 0 bridgehead atoms. The van der Waals surface area contributed by atoms with E-state index in [4.69, 9.17) is 9.47 Å². The molecule has 28 heavy (non-hydrogen) atoms. The number of aromatic amines is 1. The molecular formula is C21H22FNO5. The summed E-state index contributed by atoms with van der Waals surface area (Å²) in [5.41, 5.74) is 2.45. The summed E-state index contributed by atoms with van der Waals surface area (Å²) < 4.78 is 23.2. The van der Waals surface area contributed by atoms with Crippen LogP contribution in [0.5, 0.6) is 0 Å². The third kappa shape index (κ3) is 3.98. The van der Waals surface area contributed by atoms with Crippen molar-refractivity contribution in [2.75, 3.05) is 13.2 Å². The summed E-state index contributed by atoms with van der Waals surface area (Å²) in [6, 6.07) is 6.03. The number of ether oxygens (including phenoxy) is 2. The van der Waals surface area contributed by atoms with Crippen LogP contribution in [0.2, 0.25) is 0 Å². The minimum Gasteiger partial charge on any atom is -0.461 e. The largest absolute Gasteiger partial charge is 0.461 e. The number of Topliss-reactive ketones (excluding diaryl/α,β-unsaturated/α-hetero) is 1. The Morgan fingerprint density at radius 2 is 1.82 bits per heavy atom. The summed E-state index contributed by atoms with van der Waals surface area (Å²) in [6.45, 7) is 4.86. The van der Waals surface area contributed by atoms with Crippen molar-refractivity contribution in [1.29, 1.82) is 0 Å². The normalized spacial score (nSPS) is 17.9. The zero-order valence-corrected chi connectivity index (χ0v) is 16.0. The second-order valence-electron chi connectivity index (χ2n) is 6.88. The van der Waals surface area contributed by atoms with Crippen molar-refractivity contribution in [2.24, 2.45) is 5.92 Å². The first-order chi connectivity index (χ1) is 13.3. The maximum atomic E-state index is 13.0. The monoisotopic (exact) mass is 387 g/mol. The molecule has 7 heteroatoms. The van der Waals surface area contributed by atoms with Gasteiger partial charge in [0.05, 0.1) is 12.5 Å². The molecule has 3 rings (SSSR count). The second kappa shape index (κ2) is 7.96. The van der Waals surface area contributed by atoms with Crippen LogP contribution in [0.4, 0.5) is 4.39 Å². The lowest BCUT2D eigenvalue weighted by atomic mass is 10.1. The average Bonchev–Trinajstić information content (AvgIpc) is 3.40. The van der Waals surface area contributed by atoms with Crippen LogP contribution in [0, 0.1) is 25.6 Å². The molecule has 0 spiro atoms. The summed E-state index contributed by atoms with van der Waals surface area (Å²) in [5, 5.41) is 0. The highest BCUT2D eigenvalue weighted by molar-refractivity contribution is 6.03. The number of aryl methyl sites for hydroxylation is 1. The van der Waals surface area contributed by atoms with Crippen molar-refractivity contribution >= 4 is 17.7 Å². The van der Waals surface area contributed by atoms with Crippen molar-refractivity contribution in [3.63, 3.8) is 0 Å². The minimum absolute atomic E-state index is 0.00523. The number of ketones is 1. The van der Waals surface area contributed by atoms with E-state index in [9.17, 15) is 18.8 Å². The maximum absolute atomic E-state index is 13.0. The lowest BCUT2D eigenvalue weighted by Gasteiger charge is -2.06. The van der Waals surface area contributed by atoms with Crippen LogP contribution >= 0.6 is 0 Å². The molecule has 1 aliphatic carbocycles. The van der Waals surface area contributed by atoms with Crippen LogP contribution in [-0.4, -0.2) is 35.9 Å². The van der Waals surface area contributed by atoms with E-state index in [0.717, 1.165) is 5.56 Å². The van der Waals surface area contributed by atoms with Gasteiger partial charge in [-0.05, 0) is 56.4 Å². The number of carbonyl (C=O) groups is 3. The Kier molecular flexibility index (Phi) is 5.63. The van der Waals surface area contributed by atoms with Gasteiger partial charge in [0, 0.05) is 11.3 Å². The van der Waals surface area contributed by atoms with Crippen molar-refractivity contribution in [1.82, 2.24) is 4.98 Å². The fourth-order valence-electron chi connectivity index (χ4n) is 3.43. The van der Waals surface area contributed by atoms with E-state index in [1.54, 1.807) is 32.9 Å². The Bertz CT molecular complexity index is 916. The highest BCUT2D eigenvalue weighted by Gasteiger charge is 2.45. The number of carbonyl (C=O) groups excluding carboxylic acids is 3. The van der Waals surface area contributed by atoms with Crippen LogP contribution in [0.1, 0.15) is 56.9 Å². The highest BCUT2D eigenvalue weighted by Crippen LogP contribution is 2.48. The molecule has 1 aliphatic rings. The van der Waals surface area contributed by atoms with Crippen molar-refractivity contribution < 1.29 is 28.2 Å². The fourth-order valence-corrected chi connectivity index (χ4v) is 3.43. The quantitative estimate of drug-likeness (QED) is 0.581. The van der Waals surface area contributed by atoms with Gasteiger partial charge in [-0.1, -0.05) is 12.1 Å². The van der Waals surface area contributed by atoms with Gasteiger partial charge in [0.1, 0.15) is 11.5 Å². The average molecular weight is 387 g/mol. The van der Waals surface area contributed by atoms with Crippen LogP contribution in [0.15, 0.2) is 24.3 Å². The van der Waals surface area contributed by atoms with E-state index in [-0.39, 0.29) is 35.7 Å². The van der Waals surface area contributed by atoms with E-state index in [1.165, 1.54) is 12.1 Å². The first kappa shape index (κ1) is 19.8. The van der Waals surface area contributed by atoms with Gasteiger partial charge in [0.15, 0.2) is 6.61 Å². The Hall–Kier alpha value is -2.96. The first-order valence-corrected chi connectivity index (χ1v) is 9.15. The zero-order valence-electron chi connectivity index (χ0n) is 16.0. The summed E-state index contributed by atoms with van der Waals surface area (Å²) in [4.78, 5) is 39.6. The van der Waals surface area contributed by atoms with Gasteiger partial charge in [-0.2, -0.15) is 0 Å². The molecule has 0 amide bonds. The third-order valence-corrected chi connectivity index (χ3v) is 4.93. The summed E-state index contributed by atoms with van der Waals surface area (Å²) >= 11 is 0. The SMILES string of the molecule is CCOC(=O)c1[nH]c(C)c(C(=O)COC(=O)C2CC2c2ccc(F)cc2)c1C. The molecule has 2 atom stereocenters. The molecule has 6 nitrogen and oxygen atoms in total. The van der Waals surface area contributed by atoms with Gasteiger partial charge in [-0.3, -0.25) is 9.59 Å². The molecule has 1 fully saturated rings. The summed E-state index contributed by atoms with van der Waals surface area (Å²) in [5.74, 6) is -2.00. The molecule has 0 aliphatic heterocycles. The van der Waals surface area contributed by atoms with E-state index >= 15 is 0 Å². The molecule has 0 radical (unpaired) electrons. The number of benzene rings is 1. The number of halogens is 1. The Balaban J connectivity index is 1.59. The van der Waals surface area contributed by atoms with Crippen LogP contribution in [0.3, 0.4) is 0 Å². The molecule has 2 aromatic rings. The molecule has 0 saturated heterocycles. The van der Waals surface area contributed by atoms with E-state index in [1.807, 2.05) is 0 Å². The van der Waals surface area contributed by atoms with Gasteiger partial charge in [0.2, 0.25) is 5.78 Å². The highest BCUT2D eigenvalue weighted by atomic mass is 19.1. The van der Waals surface area contributed by atoms with Gasteiger partial charge < -0.3 is 14.5 Å². The molecule has 2 unspecified atom stereocenters. The predicted molar refractivity (Wildman–Crippen MR) is 98.8 cm³/mol. The van der Waals surface area contributed by atoms with Gasteiger partial charge in [-0.25, -0.2) is 9.18 Å². The lowest BCUT2D eigenvalue weighted by molar-refractivity contribution is -0.144. The second-order valence-corrected chi connectivity index (χ2v) is 6.88. The Morgan fingerprint density at radius 1 is 1.14 bits per heavy atom. The lowest BCUT2D eigenvalue weighted by Crippen LogP contribution is -2.17.